The van der Waals surface area contributed by atoms with Crippen LogP contribution in [0.4, 0.5) is 5.95 Å². The van der Waals surface area contributed by atoms with Gasteiger partial charge in [-0.15, -0.1) is 5.10 Å². The number of methoxy groups -OCH3 is 3. The van der Waals surface area contributed by atoms with Gasteiger partial charge in [0.15, 0.2) is 28.8 Å². The van der Waals surface area contributed by atoms with Crippen LogP contribution in [0.2, 0.25) is 0 Å². The normalized spacial score (nSPS) is 16.1. The number of nitrogens with zero attached hydrogens (tertiary/aromatic N) is 3. The minimum atomic E-state index is -0.619. The largest absolute Gasteiger partial charge is 0.493 e. The van der Waals surface area contributed by atoms with Crippen LogP contribution in [0, 0.1) is 0 Å². The highest BCUT2D eigenvalue weighted by molar-refractivity contribution is 5.95. The predicted molar refractivity (Wildman–Crippen MR) is 121 cm³/mol. The highest BCUT2D eigenvalue weighted by Crippen LogP contribution is 2.43. The van der Waals surface area contributed by atoms with Gasteiger partial charge in [-0.25, -0.2) is 4.68 Å². The van der Waals surface area contributed by atoms with E-state index in [0.29, 0.717) is 57.4 Å². The van der Waals surface area contributed by atoms with Crippen molar-refractivity contribution in [3.8, 4) is 40.1 Å². The van der Waals surface area contributed by atoms with Gasteiger partial charge >= 0.3 is 0 Å². The number of rotatable bonds is 6. The molecule has 0 spiro atoms. The second-order valence-corrected chi connectivity index (χ2v) is 7.66. The molecule has 0 aliphatic carbocycles. The molecule has 0 saturated heterocycles. The van der Waals surface area contributed by atoms with Crippen molar-refractivity contribution in [3.63, 3.8) is 0 Å². The third-order valence-corrected chi connectivity index (χ3v) is 5.75. The fraction of sp³-hybridized carbons (Fsp3) is 0.261. The van der Waals surface area contributed by atoms with E-state index in [1.54, 1.807) is 29.8 Å². The van der Waals surface area contributed by atoms with Crippen molar-refractivity contribution < 1.29 is 28.5 Å². The highest BCUT2D eigenvalue weighted by atomic mass is 16.7. The van der Waals surface area contributed by atoms with E-state index >= 15 is 0 Å². The second kappa shape index (κ2) is 8.18. The first-order valence-electron chi connectivity index (χ1n) is 10.4. The number of benzene rings is 2. The minimum Gasteiger partial charge on any atom is -0.493 e. The number of nitrogens with one attached hydrogen (secondary N) is 1. The topological polar surface area (TPSA) is 132 Å². The first kappa shape index (κ1) is 21.4. The maximum Gasteiger partial charge on any atom is 0.248 e. The number of aromatic nitrogens is 3. The van der Waals surface area contributed by atoms with Crippen LogP contribution in [0.1, 0.15) is 18.5 Å². The van der Waals surface area contributed by atoms with Crippen LogP contribution in [0.25, 0.3) is 11.4 Å². The van der Waals surface area contributed by atoms with E-state index in [1.165, 1.54) is 21.3 Å². The molecular weight excluding hydrogens is 442 g/mol. The second-order valence-electron chi connectivity index (χ2n) is 7.66. The number of hydrogen-bond donors (Lipinski definition) is 2. The van der Waals surface area contributed by atoms with Crippen molar-refractivity contribution in [2.45, 2.75) is 13.0 Å². The maximum atomic E-state index is 12.5. The summed E-state index contributed by atoms with van der Waals surface area (Å²) in [5.74, 6) is 2.90. The van der Waals surface area contributed by atoms with Crippen LogP contribution in [0.3, 0.4) is 0 Å². The fourth-order valence-corrected chi connectivity index (χ4v) is 4.19. The molecule has 2 aromatic carbocycles. The number of anilines is 1. The van der Waals surface area contributed by atoms with Crippen molar-refractivity contribution >= 4 is 11.9 Å². The average Bonchev–Trinajstić information content (AvgIpc) is 3.48. The lowest BCUT2D eigenvalue weighted by Gasteiger charge is -2.27. The fourth-order valence-electron chi connectivity index (χ4n) is 4.19. The molecule has 176 valence electrons. The third kappa shape index (κ3) is 3.33. The molecule has 3 N–H and O–H groups in total. The van der Waals surface area contributed by atoms with Gasteiger partial charge in [-0.1, -0.05) is 6.07 Å². The highest BCUT2D eigenvalue weighted by Gasteiger charge is 2.34. The summed E-state index contributed by atoms with van der Waals surface area (Å²) in [4.78, 5) is 17.1. The van der Waals surface area contributed by atoms with Crippen LogP contribution in [-0.4, -0.2) is 48.8 Å². The zero-order valence-corrected chi connectivity index (χ0v) is 19.0. The first-order chi connectivity index (χ1) is 16.4. The van der Waals surface area contributed by atoms with E-state index in [9.17, 15) is 4.79 Å². The van der Waals surface area contributed by atoms with Gasteiger partial charge in [0.25, 0.3) is 0 Å². The Kier molecular flexibility index (Phi) is 5.16. The van der Waals surface area contributed by atoms with E-state index in [4.69, 9.17) is 34.5 Å². The summed E-state index contributed by atoms with van der Waals surface area (Å²) in [6.45, 7) is 1.92. The quantitative estimate of drug-likeness (QED) is 0.563. The summed E-state index contributed by atoms with van der Waals surface area (Å²) in [6, 6.07) is 8.36. The summed E-state index contributed by atoms with van der Waals surface area (Å²) in [5, 5.41) is 7.86. The number of fused-ring (bicyclic) bond motifs is 2. The minimum absolute atomic E-state index is 0.141. The molecule has 0 unspecified atom stereocenters. The lowest BCUT2D eigenvalue weighted by molar-refractivity contribution is -0.115. The number of nitrogens with two attached hydrogens (primary N) is 1. The van der Waals surface area contributed by atoms with E-state index in [0.717, 1.165) is 5.56 Å². The summed E-state index contributed by atoms with van der Waals surface area (Å²) < 4.78 is 28.9. The van der Waals surface area contributed by atoms with Gasteiger partial charge in [0.05, 0.1) is 26.9 Å². The van der Waals surface area contributed by atoms with E-state index in [2.05, 4.69) is 10.3 Å². The van der Waals surface area contributed by atoms with Crippen molar-refractivity contribution in [2.24, 2.45) is 5.73 Å². The van der Waals surface area contributed by atoms with Crippen LogP contribution < -0.4 is 34.7 Å². The van der Waals surface area contributed by atoms with E-state index in [-0.39, 0.29) is 6.79 Å². The zero-order valence-electron chi connectivity index (χ0n) is 19.0. The molecule has 11 heteroatoms. The molecule has 2 aliphatic heterocycles. The number of primary amides is 1. The zero-order chi connectivity index (χ0) is 24.0. The third-order valence-electron chi connectivity index (χ3n) is 5.75. The smallest absolute Gasteiger partial charge is 0.248 e. The van der Waals surface area contributed by atoms with E-state index in [1.807, 2.05) is 12.1 Å². The summed E-state index contributed by atoms with van der Waals surface area (Å²) in [5.41, 5.74) is 8.13. The Morgan fingerprint density at radius 3 is 2.44 bits per heavy atom. The van der Waals surface area contributed by atoms with Gasteiger partial charge < -0.3 is 34.7 Å². The van der Waals surface area contributed by atoms with Crippen LogP contribution >= 0.6 is 0 Å². The molecule has 1 amide bonds. The molecule has 11 nitrogen and oxygen atoms in total. The monoisotopic (exact) mass is 465 g/mol. The number of allylic oxidation sites excluding steroid dienone is 1. The Bertz CT molecular complexity index is 1310. The first-order valence-corrected chi connectivity index (χ1v) is 10.4. The Morgan fingerprint density at radius 1 is 1.09 bits per heavy atom. The predicted octanol–water partition coefficient (Wildman–Crippen LogP) is 2.47. The molecule has 3 aromatic rings. The van der Waals surface area contributed by atoms with Crippen molar-refractivity contribution in [3.05, 3.63) is 47.2 Å². The summed E-state index contributed by atoms with van der Waals surface area (Å²) in [7, 11) is 4.61. The standard InChI is InChI=1S/C23H23N5O6/c1-11-18(21(24)29)19(12-5-6-14-15(7-12)34-10-33-14)28-23(25-11)26-22(27-28)13-8-16(30-2)20(32-4)17(9-13)31-3/h5-9,19H,10H2,1-4H3,(H2,24,29)(H,25,26,27)/t19-/m1/s1. The van der Waals surface area contributed by atoms with Crippen LogP contribution in [-0.2, 0) is 4.79 Å². The van der Waals surface area contributed by atoms with Gasteiger partial charge in [-0.3, -0.25) is 4.79 Å². The Labute approximate surface area is 195 Å². The lowest BCUT2D eigenvalue weighted by atomic mass is 9.95. The molecule has 0 bridgehead atoms. The molecule has 3 heterocycles. The molecule has 5 rings (SSSR count). The van der Waals surface area contributed by atoms with Crippen molar-refractivity contribution in [2.75, 3.05) is 33.4 Å². The Morgan fingerprint density at radius 2 is 1.79 bits per heavy atom. The van der Waals surface area contributed by atoms with Gasteiger partial charge in [0.1, 0.15) is 6.04 Å². The molecule has 1 atom stereocenters. The summed E-state index contributed by atoms with van der Waals surface area (Å²) >= 11 is 0. The molecule has 34 heavy (non-hydrogen) atoms. The number of carbonyl (C=O) groups excluding carboxylic acids is 1. The molecule has 2 aliphatic rings. The summed E-state index contributed by atoms with van der Waals surface area (Å²) in [6.07, 6.45) is 0. The van der Waals surface area contributed by atoms with Gasteiger partial charge in [-0.05, 0) is 36.8 Å². The molecule has 1 aromatic heterocycles. The Balaban J connectivity index is 1.65. The SMILES string of the molecule is COc1cc(-c2nc3n(n2)[C@H](c2ccc4c(c2)OCO4)C(C(N)=O)=C(C)N3)cc(OC)c1OC. The Hall–Kier alpha value is -4.41. The van der Waals surface area contributed by atoms with Crippen molar-refractivity contribution in [1.29, 1.82) is 0 Å². The average molecular weight is 465 g/mol. The number of carbonyl (C=O) groups is 1. The molecular formula is C23H23N5O6. The lowest BCUT2D eigenvalue weighted by Crippen LogP contribution is -2.31. The number of ether oxygens (including phenoxy) is 5. The molecule has 0 saturated carbocycles. The van der Waals surface area contributed by atoms with Gasteiger partial charge in [0.2, 0.25) is 24.4 Å². The number of hydrogen-bond acceptors (Lipinski definition) is 9. The van der Waals surface area contributed by atoms with Crippen molar-refractivity contribution in [1.82, 2.24) is 14.8 Å². The molecule has 0 radical (unpaired) electrons. The van der Waals surface area contributed by atoms with Crippen LogP contribution in [0.5, 0.6) is 28.7 Å². The molecule has 0 fully saturated rings. The number of amides is 1. The van der Waals surface area contributed by atoms with Crippen LogP contribution in [0.15, 0.2) is 41.6 Å². The maximum absolute atomic E-state index is 12.5. The van der Waals surface area contributed by atoms with Gasteiger partial charge in [-0.2, -0.15) is 4.98 Å². The van der Waals surface area contributed by atoms with E-state index < -0.39 is 11.9 Å². The van der Waals surface area contributed by atoms with Gasteiger partial charge in [0, 0.05) is 11.3 Å².